The molecule has 130 valence electrons. The van der Waals surface area contributed by atoms with Gasteiger partial charge in [0.2, 0.25) is 5.91 Å². The predicted octanol–water partition coefficient (Wildman–Crippen LogP) is 4.01. The van der Waals surface area contributed by atoms with Crippen LogP contribution in [0, 0.1) is 5.82 Å². The van der Waals surface area contributed by atoms with Crippen LogP contribution in [-0.2, 0) is 4.79 Å². The summed E-state index contributed by atoms with van der Waals surface area (Å²) in [5.74, 6) is -0.847. The van der Waals surface area contributed by atoms with Gasteiger partial charge in [-0.2, -0.15) is 0 Å². The third-order valence-corrected chi connectivity index (χ3v) is 4.52. The molecule has 1 aliphatic heterocycles. The number of para-hydroxylation sites is 1. The van der Waals surface area contributed by atoms with Crippen LogP contribution in [0.1, 0.15) is 0 Å². The van der Waals surface area contributed by atoms with Crippen molar-refractivity contribution in [3.63, 3.8) is 0 Å². The molecule has 1 fully saturated rings. The first-order valence-corrected chi connectivity index (χ1v) is 8.27. The van der Waals surface area contributed by atoms with E-state index in [0.717, 1.165) is 0 Å². The Morgan fingerprint density at radius 3 is 2.60 bits per heavy atom. The number of carbonyl (C=O) groups is 2. The molecule has 1 saturated heterocycles. The Labute approximate surface area is 153 Å². The van der Waals surface area contributed by atoms with Gasteiger partial charge in [-0.25, -0.2) is 9.18 Å². The molecule has 0 aliphatic carbocycles. The summed E-state index contributed by atoms with van der Waals surface area (Å²) in [5, 5.41) is 3.36. The summed E-state index contributed by atoms with van der Waals surface area (Å²) in [7, 11) is 0. The lowest BCUT2D eigenvalue weighted by molar-refractivity contribution is -0.116. The lowest BCUT2D eigenvalue weighted by atomic mass is 10.3. The Kier molecular flexibility index (Phi) is 5.11. The van der Waals surface area contributed by atoms with Crippen LogP contribution < -0.4 is 10.2 Å². The van der Waals surface area contributed by atoms with E-state index in [-0.39, 0.29) is 18.1 Å². The summed E-state index contributed by atoms with van der Waals surface area (Å²) in [6.45, 7) is 0.520. The lowest BCUT2D eigenvalue weighted by Crippen LogP contribution is -2.37. The molecular formula is C17H14Cl2FN3O2. The van der Waals surface area contributed by atoms with Gasteiger partial charge in [-0.05, 0) is 30.3 Å². The third-order valence-electron chi connectivity index (χ3n) is 3.78. The summed E-state index contributed by atoms with van der Waals surface area (Å²) in [6, 6.07) is 10.3. The quantitative estimate of drug-likeness (QED) is 0.869. The Hall–Kier alpha value is -2.31. The molecule has 0 unspecified atom stereocenters. The summed E-state index contributed by atoms with van der Waals surface area (Å²) in [6.07, 6.45) is 0. The van der Waals surface area contributed by atoms with Gasteiger partial charge in [0.05, 0.1) is 15.7 Å². The van der Waals surface area contributed by atoms with Crippen LogP contribution in [0.25, 0.3) is 0 Å². The van der Waals surface area contributed by atoms with Gasteiger partial charge in [0.15, 0.2) is 0 Å². The van der Waals surface area contributed by atoms with Crippen molar-refractivity contribution in [2.75, 3.05) is 29.9 Å². The smallest absolute Gasteiger partial charge is 0.324 e. The molecule has 8 heteroatoms. The van der Waals surface area contributed by atoms with Crippen LogP contribution >= 0.6 is 23.2 Å². The van der Waals surface area contributed by atoms with E-state index in [0.29, 0.717) is 28.8 Å². The highest BCUT2D eigenvalue weighted by molar-refractivity contribution is 6.42. The molecule has 0 spiro atoms. The number of amides is 3. The maximum atomic E-state index is 13.8. The van der Waals surface area contributed by atoms with E-state index in [2.05, 4.69) is 5.32 Å². The second-order valence-corrected chi connectivity index (χ2v) is 6.30. The number of nitrogens with zero attached hydrogens (tertiary/aromatic N) is 2. The summed E-state index contributed by atoms with van der Waals surface area (Å²) >= 11 is 11.7. The second kappa shape index (κ2) is 7.29. The van der Waals surface area contributed by atoms with E-state index in [4.69, 9.17) is 23.2 Å². The topological polar surface area (TPSA) is 52.7 Å². The van der Waals surface area contributed by atoms with Crippen LogP contribution in [0.5, 0.6) is 0 Å². The highest BCUT2D eigenvalue weighted by Crippen LogP contribution is 2.25. The molecule has 2 aromatic rings. The number of rotatable bonds is 4. The number of carbonyl (C=O) groups excluding carboxylic acids is 2. The SMILES string of the molecule is O=C(CN1CCN(c2ccccc2F)C1=O)Nc1ccc(Cl)c(Cl)c1. The molecule has 1 N–H and O–H groups in total. The van der Waals surface area contributed by atoms with E-state index >= 15 is 0 Å². The zero-order valence-electron chi connectivity index (χ0n) is 13.0. The number of anilines is 2. The number of hydrogen-bond acceptors (Lipinski definition) is 2. The molecule has 0 saturated carbocycles. The number of nitrogens with one attached hydrogen (secondary N) is 1. The maximum absolute atomic E-state index is 13.8. The van der Waals surface area contributed by atoms with Crippen molar-refractivity contribution in [3.8, 4) is 0 Å². The fourth-order valence-electron chi connectivity index (χ4n) is 2.57. The van der Waals surface area contributed by atoms with Gasteiger partial charge in [-0.3, -0.25) is 9.69 Å². The Balaban J connectivity index is 1.63. The van der Waals surface area contributed by atoms with Crippen LogP contribution in [0.4, 0.5) is 20.6 Å². The van der Waals surface area contributed by atoms with Crippen LogP contribution in [0.3, 0.4) is 0 Å². The lowest BCUT2D eigenvalue weighted by Gasteiger charge is -2.19. The molecule has 1 heterocycles. The molecule has 3 amide bonds. The van der Waals surface area contributed by atoms with Gasteiger partial charge in [-0.1, -0.05) is 35.3 Å². The van der Waals surface area contributed by atoms with E-state index < -0.39 is 11.8 Å². The van der Waals surface area contributed by atoms with E-state index in [1.165, 1.54) is 28.0 Å². The predicted molar refractivity (Wildman–Crippen MR) is 95.8 cm³/mol. The molecule has 0 bridgehead atoms. The Morgan fingerprint density at radius 2 is 1.88 bits per heavy atom. The van der Waals surface area contributed by atoms with Crippen LogP contribution in [0.15, 0.2) is 42.5 Å². The average molecular weight is 382 g/mol. The zero-order chi connectivity index (χ0) is 18.0. The minimum absolute atomic E-state index is 0.135. The maximum Gasteiger partial charge on any atom is 0.325 e. The highest BCUT2D eigenvalue weighted by Gasteiger charge is 2.32. The Morgan fingerprint density at radius 1 is 1.12 bits per heavy atom. The van der Waals surface area contributed by atoms with E-state index in [1.807, 2.05) is 0 Å². The molecule has 1 aliphatic rings. The van der Waals surface area contributed by atoms with E-state index in [9.17, 15) is 14.0 Å². The van der Waals surface area contributed by atoms with Gasteiger partial charge < -0.3 is 10.2 Å². The van der Waals surface area contributed by atoms with Crippen molar-refractivity contribution in [2.24, 2.45) is 0 Å². The first-order chi connectivity index (χ1) is 12.0. The molecule has 3 rings (SSSR count). The minimum atomic E-state index is -0.474. The van der Waals surface area contributed by atoms with Crippen molar-refractivity contribution in [2.45, 2.75) is 0 Å². The van der Waals surface area contributed by atoms with Crippen LogP contribution in [-0.4, -0.2) is 36.5 Å². The fourth-order valence-corrected chi connectivity index (χ4v) is 2.87. The normalized spacial score (nSPS) is 14.1. The molecular weight excluding hydrogens is 368 g/mol. The summed E-state index contributed by atoms with van der Waals surface area (Å²) < 4.78 is 13.8. The van der Waals surface area contributed by atoms with Gasteiger partial charge in [0.1, 0.15) is 12.4 Å². The summed E-state index contributed by atoms with van der Waals surface area (Å²) in [4.78, 5) is 27.2. The average Bonchev–Trinajstić information content (AvgIpc) is 2.92. The first kappa shape index (κ1) is 17.5. The standard InChI is InChI=1S/C17H14Cl2FN3O2/c18-12-6-5-11(9-13(12)19)21-16(24)10-22-7-8-23(17(22)25)15-4-2-1-3-14(15)20/h1-6,9H,7-8,10H2,(H,21,24). The van der Waals surface area contributed by atoms with Crippen molar-refractivity contribution >= 4 is 46.5 Å². The molecule has 0 aromatic heterocycles. The highest BCUT2D eigenvalue weighted by atomic mass is 35.5. The van der Waals surface area contributed by atoms with Gasteiger partial charge in [0.25, 0.3) is 0 Å². The number of urea groups is 1. The molecule has 2 aromatic carbocycles. The molecule has 0 atom stereocenters. The summed E-state index contributed by atoms with van der Waals surface area (Å²) in [5.41, 5.74) is 0.692. The van der Waals surface area contributed by atoms with Crippen molar-refractivity contribution in [1.29, 1.82) is 0 Å². The fraction of sp³-hybridized carbons (Fsp3) is 0.176. The van der Waals surface area contributed by atoms with E-state index in [1.54, 1.807) is 24.3 Å². The van der Waals surface area contributed by atoms with Gasteiger partial charge >= 0.3 is 6.03 Å². The monoisotopic (exact) mass is 381 g/mol. The third kappa shape index (κ3) is 3.86. The number of halogens is 3. The largest absolute Gasteiger partial charge is 0.325 e. The van der Waals surface area contributed by atoms with Gasteiger partial charge in [-0.15, -0.1) is 0 Å². The number of benzene rings is 2. The number of hydrogen-bond donors (Lipinski definition) is 1. The van der Waals surface area contributed by atoms with Crippen molar-refractivity contribution in [1.82, 2.24) is 4.90 Å². The van der Waals surface area contributed by atoms with Crippen molar-refractivity contribution < 1.29 is 14.0 Å². The first-order valence-electron chi connectivity index (χ1n) is 7.51. The molecule has 25 heavy (non-hydrogen) atoms. The second-order valence-electron chi connectivity index (χ2n) is 5.48. The molecule has 5 nitrogen and oxygen atoms in total. The van der Waals surface area contributed by atoms with Gasteiger partial charge in [0, 0.05) is 18.8 Å². The van der Waals surface area contributed by atoms with Crippen LogP contribution in [0.2, 0.25) is 10.0 Å². The zero-order valence-corrected chi connectivity index (χ0v) is 14.5. The molecule has 0 radical (unpaired) electrons. The Bertz CT molecular complexity index is 831. The van der Waals surface area contributed by atoms with Crippen molar-refractivity contribution in [3.05, 3.63) is 58.3 Å². The minimum Gasteiger partial charge on any atom is -0.324 e.